The van der Waals surface area contributed by atoms with Gasteiger partial charge in [0, 0.05) is 10.9 Å². The van der Waals surface area contributed by atoms with Crippen LogP contribution in [0.3, 0.4) is 0 Å². The van der Waals surface area contributed by atoms with Gasteiger partial charge in [0.2, 0.25) is 0 Å². The van der Waals surface area contributed by atoms with Crippen LogP contribution in [0.15, 0.2) is 77.4 Å². The van der Waals surface area contributed by atoms with Gasteiger partial charge in [0.1, 0.15) is 11.4 Å². The molecule has 0 fully saturated rings. The van der Waals surface area contributed by atoms with Crippen molar-refractivity contribution in [1.82, 2.24) is 0 Å². The first-order valence-electron chi connectivity index (χ1n) is 7.88. The summed E-state index contributed by atoms with van der Waals surface area (Å²) in [6, 6.07) is 16.9. The number of phenols is 1. The first kappa shape index (κ1) is 16.2. The fourth-order valence-corrected chi connectivity index (χ4v) is 2.91. The molecule has 0 spiro atoms. The summed E-state index contributed by atoms with van der Waals surface area (Å²) >= 11 is 0. The maximum absolute atomic E-state index is 13.4. The molecule has 26 heavy (non-hydrogen) atoms. The lowest BCUT2D eigenvalue weighted by atomic mass is 10.0. The number of nitrogens with one attached hydrogen (secondary N) is 1. The van der Waals surface area contributed by atoms with Crippen molar-refractivity contribution in [2.75, 3.05) is 5.32 Å². The minimum atomic E-state index is -4.58. The molecule has 0 saturated carbocycles. The smallest absolute Gasteiger partial charge is 0.431 e. The zero-order chi connectivity index (χ0) is 18.3. The second-order valence-electron chi connectivity index (χ2n) is 5.88. The van der Waals surface area contributed by atoms with E-state index in [-0.39, 0.29) is 22.7 Å². The normalized spacial score (nSPS) is 14.1. The number of allylic oxidation sites excluding steroid dienone is 2. The standard InChI is InChI=1S/C20H13F3N2O/c21-20(22,23)18-11-17(24-15-7-3-4-8-16(15)25-18)14-10-9-12-5-1-2-6-13(12)19(14)26/h1-11,25-26H. The average molecular weight is 354 g/mol. The summed E-state index contributed by atoms with van der Waals surface area (Å²) in [6.07, 6.45) is -3.66. The van der Waals surface area contributed by atoms with Crippen molar-refractivity contribution in [3.63, 3.8) is 0 Å². The van der Waals surface area contributed by atoms with Gasteiger partial charge < -0.3 is 10.4 Å². The van der Waals surface area contributed by atoms with E-state index in [2.05, 4.69) is 10.3 Å². The van der Waals surface area contributed by atoms with Gasteiger partial charge in [-0.15, -0.1) is 0 Å². The number of aromatic hydroxyl groups is 1. The van der Waals surface area contributed by atoms with Crippen LogP contribution in [0.25, 0.3) is 10.8 Å². The van der Waals surface area contributed by atoms with Crippen molar-refractivity contribution in [3.8, 4) is 5.75 Å². The second-order valence-corrected chi connectivity index (χ2v) is 5.88. The van der Waals surface area contributed by atoms with E-state index in [1.165, 1.54) is 6.07 Å². The van der Waals surface area contributed by atoms with Crippen LogP contribution in [0.4, 0.5) is 24.5 Å². The molecule has 1 heterocycles. The largest absolute Gasteiger partial charge is 0.507 e. The molecule has 0 aliphatic carbocycles. The zero-order valence-corrected chi connectivity index (χ0v) is 13.4. The zero-order valence-electron chi connectivity index (χ0n) is 13.4. The average Bonchev–Trinajstić information content (AvgIpc) is 2.82. The molecule has 130 valence electrons. The molecule has 3 aromatic rings. The minimum absolute atomic E-state index is 0.0398. The number of rotatable bonds is 1. The van der Waals surface area contributed by atoms with Crippen molar-refractivity contribution in [2.24, 2.45) is 4.99 Å². The van der Waals surface area contributed by atoms with Gasteiger partial charge >= 0.3 is 6.18 Å². The number of benzene rings is 3. The van der Waals surface area contributed by atoms with Crippen LogP contribution in [-0.4, -0.2) is 17.0 Å². The van der Waals surface area contributed by atoms with Crippen molar-refractivity contribution >= 4 is 27.9 Å². The molecule has 0 unspecified atom stereocenters. The maximum Gasteiger partial charge on any atom is 0.431 e. The van der Waals surface area contributed by atoms with Gasteiger partial charge in [0.05, 0.1) is 17.1 Å². The Bertz CT molecular complexity index is 1070. The highest BCUT2D eigenvalue weighted by atomic mass is 19.4. The highest BCUT2D eigenvalue weighted by Gasteiger charge is 2.36. The van der Waals surface area contributed by atoms with E-state index in [0.717, 1.165) is 11.5 Å². The van der Waals surface area contributed by atoms with Gasteiger partial charge in [0.25, 0.3) is 0 Å². The molecule has 2 N–H and O–H groups in total. The van der Waals surface area contributed by atoms with Crippen molar-refractivity contribution < 1.29 is 18.3 Å². The van der Waals surface area contributed by atoms with Gasteiger partial charge in [-0.05, 0) is 29.7 Å². The number of nitrogens with zero attached hydrogens (tertiary/aromatic N) is 1. The lowest BCUT2D eigenvalue weighted by Gasteiger charge is -2.13. The summed E-state index contributed by atoms with van der Waals surface area (Å²) in [7, 11) is 0. The molecule has 1 aliphatic rings. The predicted molar refractivity (Wildman–Crippen MR) is 96.0 cm³/mol. The quantitative estimate of drug-likeness (QED) is 0.603. The number of fused-ring (bicyclic) bond motifs is 2. The Balaban J connectivity index is 1.96. The third kappa shape index (κ3) is 2.79. The number of para-hydroxylation sites is 2. The number of aliphatic imine (C=N–C) groups is 1. The number of hydrogen-bond acceptors (Lipinski definition) is 3. The van der Waals surface area contributed by atoms with Gasteiger partial charge in [-0.1, -0.05) is 42.5 Å². The van der Waals surface area contributed by atoms with Crippen LogP contribution in [-0.2, 0) is 0 Å². The molecule has 0 radical (unpaired) electrons. The van der Waals surface area contributed by atoms with Gasteiger partial charge in [-0.2, -0.15) is 13.2 Å². The molecule has 0 amide bonds. The third-order valence-electron chi connectivity index (χ3n) is 4.18. The van der Waals surface area contributed by atoms with E-state index in [1.54, 1.807) is 42.5 Å². The number of anilines is 1. The predicted octanol–water partition coefficient (Wildman–Crippen LogP) is 5.54. The van der Waals surface area contributed by atoms with E-state index >= 15 is 0 Å². The van der Waals surface area contributed by atoms with Crippen LogP contribution in [0, 0.1) is 0 Å². The Morgan fingerprint density at radius 2 is 1.62 bits per heavy atom. The van der Waals surface area contributed by atoms with Crippen LogP contribution >= 0.6 is 0 Å². The molecule has 0 saturated heterocycles. The first-order chi connectivity index (χ1) is 12.4. The summed E-state index contributed by atoms with van der Waals surface area (Å²) in [5, 5.41) is 14.4. The minimum Gasteiger partial charge on any atom is -0.507 e. The van der Waals surface area contributed by atoms with E-state index < -0.39 is 11.9 Å². The maximum atomic E-state index is 13.4. The van der Waals surface area contributed by atoms with E-state index in [1.807, 2.05) is 12.1 Å². The Hall–Kier alpha value is -3.28. The number of phenolic OH excluding ortho intramolecular Hbond substituents is 1. The highest BCUT2D eigenvalue weighted by molar-refractivity contribution is 6.15. The molecule has 0 atom stereocenters. The molecule has 4 rings (SSSR count). The van der Waals surface area contributed by atoms with Crippen molar-refractivity contribution in [1.29, 1.82) is 0 Å². The fourth-order valence-electron chi connectivity index (χ4n) is 2.91. The van der Waals surface area contributed by atoms with Crippen LogP contribution in [0.1, 0.15) is 5.56 Å². The topological polar surface area (TPSA) is 44.6 Å². The van der Waals surface area contributed by atoms with E-state index in [4.69, 9.17) is 0 Å². The molecule has 3 aromatic carbocycles. The van der Waals surface area contributed by atoms with Crippen molar-refractivity contribution in [2.45, 2.75) is 6.18 Å². The molecule has 6 heteroatoms. The number of halogens is 3. The summed E-state index contributed by atoms with van der Waals surface area (Å²) in [5.41, 5.74) is -0.0346. The van der Waals surface area contributed by atoms with Gasteiger partial charge in [-0.3, -0.25) is 0 Å². The lowest BCUT2D eigenvalue weighted by molar-refractivity contribution is -0.0901. The van der Waals surface area contributed by atoms with Crippen molar-refractivity contribution in [3.05, 3.63) is 78.0 Å². The van der Waals surface area contributed by atoms with Crippen LogP contribution < -0.4 is 5.32 Å². The highest BCUT2D eigenvalue weighted by Crippen LogP contribution is 2.37. The third-order valence-corrected chi connectivity index (χ3v) is 4.18. The summed E-state index contributed by atoms with van der Waals surface area (Å²) in [6.45, 7) is 0. The molecule has 0 bridgehead atoms. The van der Waals surface area contributed by atoms with Gasteiger partial charge in [0.15, 0.2) is 0 Å². The summed E-state index contributed by atoms with van der Waals surface area (Å²) < 4.78 is 40.2. The molecule has 0 aromatic heterocycles. The number of hydrogen-bond donors (Lipinski definition) is 2. The molecule has 3 nitrogen and oxygen atoms in total. The van der Waals surface area contributed by atoms with E-state index in [9.17, 15) is 18.3 Å². The van der Waals surface area contributed by atoms with E-state index in [0.29, 0.717) is 11.1 Å². The summed E-state index contributed by atoms with van der Waals surface area (Å²) in [5.74, 6) is -0.0981. The Morgan fingerprint density at radius 1 is 0.885 bits per heavy atom. The Kier molecular flexibility index (Phi) is 3.68. The monoisotopic (exact) mass is 354 g/mol. The van der Waals surface area contributed by atoms with Gasteiger partial charge in [-0.25, -0.2) is 4.99 Å². The number of alkyl halides is 3. The first-order valence-corrected chi connectivity index (χ1v) is 7.88. The summed E-state index contributed by atoms with van der Waals surface area (Å²) in [4.78, 5) is 4.36. The Morgan fingerprint density at radius 3 is 2.42 bits per heavy atom. The Labute approximate surface area is 147 Å². The molecule has 1 aliphatic heterocycles. The molecular formula is C20H13F3N2O. The SMILES string of the molecule is Oc1c(C2=Nc3ccccc3NC(C(F)(F)F)=C2)ccc2ccccc12. The second kappa shape index (κ2) is 5.91. The fraction of sp³-hybridized carbons (Fsp3) is 0.0500. The van der Waals surface area contributed by atoms with Crippen LogP contribution in [0.5, 0.6) is 5.75 Å². The molecular weight excluding hydrogens is 341 g/mol. The van der Waals surface area contributed by atoms with Crippen LogP contribution in [0.2, 0.25) is 0 Å². The lowest BCUT2D eigenvalue weighted by Crippen LogP contribution is -2.19.